The van der Waals surface area contributed by atoms with Crippen molar-refractivity contribution in [3.63, 3.8) is 0 Å². The summed E-state index contributed by atoms with van der Waals surface area (Å²) in [6.45, 7) is 2.19. The summed E-state index contributed by atoms with van der Waals surface area (Å²) in [4.78, 5) is 14.1. The highest BCUT2D eigenvalue weighted by Crippen LogP contribution is 2.19. The van der Waals surface area contributed by atoms with Crippen LogP contribution in [0.2, 0.25) is 0 Å². The third-order valence-corrected chi connectivity index (χ3v) is 3.88. The summed E-state index contributed by atoms with van der Waals surface area (Å²) in [7, 11) is 1.78. The number of nitrogens with zero attached hydrogens (tertiary/aromatic N) is 1. The average Bonchev–Trinajstić information content (AvgIpc) is 3.05. The van der Waals surface area contributed by atoms with Crippen molar-refractivity contribution in [1.29, 1.82) is 0 Å². The molecule has 0 unspecified atom stereocenters. The van der Waals surface area contributed by atoms with Crippen molar-refractivity contribution in [3.8, 4) is 0 Å². The number of furan rings is 1. The van der Waals surface area contributed by atoms with Crippen molar-refractivity contribution in [2.45, 2.75) is 19.6 Å². The van der Waals surface area contributed by atoms with Crippen molar-refractivity contribution >= 4 is 21.8 Å². The van der Waals surface area contributed by atoms with Gasteiger partial charge in [-0.25, -0.2) is 0 Å². The Bertz CT molecular complexity index is 651. The maximum absolute atomic E-state index is 12.4. The van der Waals surface area contributed by atoms with E-state index >= 15 is 0 Å². The van der Waals surface area contributed by atoms with Crippen LogP contribution in [0.5, 0.6) is 0 Å². The highest BCUT2D eigenvalue weighted by molar-refractivity contribution is 9.10. The molecule has 0 aliphatic carbocycles. The largest absolute Gasteiger partial charge is 0.452 e. The zero-order valence-electron chi connectivity index (χ0n) is 11.1. The molecule has 4 nitrogen and oxygen atoms in total. The molecule has 0 atom stereocenters. The number of fused-ring (bicyclic) bond motifs is 1. The molecule has 5 heteroatoms. The summed E-state index contributed by atoms with van der Waals surface area (Å²) >= 11 is 3.26. The van der Waals surface area contributed by atoms with Crippen molar-refractivity contribution in [2.24, 2.45) is 0 Å². The van der Waals surface area contributed by atoms with Gasteiger partial charge in [-0.15, -0.1) is 0 Å². The standard InChI is InChI=1S/C15H15BrN2O2/c1-18(9-13-4-5-14(16)20-13)15(19)10-2-3-11-7-17-8-12(11)6-10/h2-6,17H,7-9H2,1H3. The fourth-order valence-corrected chi connectivity index (χ4v) is 2.73. The summed E-state index contributed by atoms with van der Waals surface area (Å²) in [5, 5.41) is 3.28. The van der Waals surface area contributed by atoms with Gasteiger partial charge in [0.15, 0.2) is 4.67 Å². The first-order chi connectivity index (χ1) is 9.63. The zero-order valence-corrected chi connectivity index (χ0v) is 12.7. The molecule has 104 valence electrons. The number of nitrogens with one attached hydrogen (secondary N) is 1. The van der Waals surface area contributed by atoms with Crippen LogP contribution < -0.4 is 5.32 Å². The van der Waals surface area contributed by atoms with Crippen LogP contribution in [-0.4, -0.2) is 17.9 Å². The second kappa shape index (κ2) is 5.42. The molecule has 1 aliphatic rings. The number of amides is 1. The number of halogens is 1. The van der Waals surface area contributed by atoms with E-state index in [-0.39, 0.29) is 5.91 Å². The van der Waals surface area contributed by atoms with E-state index in [1.165, 1.54) is 11.1 Å². The van der Waals surface area contributed by atoms with Gasteiger partial charge in [-0.3, -0.25) is 4.79 Å². The molecule has 1 aromatic heterocycles. The number of rotatable bonds is 3. The molecular formula is C15H15BrN2O2. The fraction of sp³-hybridized carbons (Fsp3) is 0.267. The second-order valence-corrected chi connectivity index (χ2v) is 5.74. The number of hydrogen-bond acceptors (Lipinski definition) is 3. The van der Waals surface area contributed by atoms with Crippen LogP contribution in [0.15, 0.2) is 39.4 Å². The molecule has 0 fully saturated rings. The Hall–Kier alpha value is -1.59. The van der Waals surface area contributed by atoms with Gasteiger partial charge >= 0.3 is 0 Å². The molecule has 0 radical (unpaired) electrons. The Morgan fingerprint density at radius 1 is 1.30 bits per heavy atom. The van der Waals surface area contributed by atoms with Gasteiger partial charge in [0.1, 0.15) is 5.76 Å². The van der Waals surface area contributed by atoms with Gasteiger partial charge in [0.05, 0.1) is 6.54 Å². The zero-order chi connectivity index (χ0) is 14.1. The molecule has 0 bridgehead atoms. The Labute approximate surface area is 125 Å². The molecular weight excluding hydrogens is 320 g/mol. The molecule has 2 aromatic rings. The lowest BCUT2D eigenvalue weighted by Crippen LogP contribution is -2.26. The second-order valence-electron chi connectivity index (χ2n) is 4.95. The lowest BCUT2D eigenvalue weighted by atomic mass is 10.1. The minimum atomic E-state index is 0.00669. The lowest BCUT2D eigenvalue weighted by molar-refractivity contribution is 0.0775. The van der Waals surface area contributed by atoms with Gasteiger partial charge < -0.3 is 14.6 Å². The van der Waals surface area contributed by atoms with Crippen LogP contribution in [0.4, 0.5) is 0 Å². The van der Waals surface area contributed by atoms with Gasteiger partial charge in [-0.05, 0) is 51.3 Å². The molecule has 1 amide bonds. The molecule has 0 spiro atoms. The fourth-order valence-electron chi connectivity index (χ4n) is 2.39. The molecule has 20 heavy (non-hydrogen) atoms. The van der Waals surface area contributed by atoms with E-state index in [9.17, 15) is 4.79 Å². The summed E-state index contributed by atoms with van der Waals surface area (Å²) in [6, 6.07) is 9.59. The summed E-state index contributed by atoms with van der Waals surface area (Å²) in [5.41, 5.74) is 3.21. The van der Waals surface area contributed by atoms with Gasteiger partial charge in [-0.1, -0.05) is 6.07 Å². The summed E-state index contributed by atoms with van der Waals surface area (Å²) in [5.74, 6) is 0.766. The minimum absolute atomic E-state index is 0.00669. The van der Waals surface area contributed by atoms with E-state index in [0.29, 0.717) is 11.2 Å². The third kappa shape index (κ3) is 2.64. The molecule has 0 saturated carbocycles. The first-order valence-corrected chi connectivity index (χ1v) is 7.25. The van der Waals surface area contributed by atoms with Crippen LogP contribution in [0.3, 0.4) is 0 Å². The van der Waals surface area contributed by atoms with Gasteiger partial charge in [0.2, 0.25) is 0 Å². The normalized spacial score (nSPS) is 13.3. The predicted octanol–water partition coefficient (Wildman–Crippen LogP) is 2.92. The first-order valence-electron chi connectivity index (χ1n) is 6.45. The average molecular weight is 335 g/mol. The van der Waals surface area contributed by atoms with E-state index < -0.39 is 0 Å². The van der Waals surface area contributed by atoms with Crippen LogP contribution >= 0.6 is 15.9 Å². The number of hydrogen-bond donors (Lipinski definition) is 1. The molecule has 0 saturated heterocycles. The van der Waals surface area contributed by atoms with Gasteiger partial charge in [-0.2, -0.15) is 0 Å². The molecule has 1 aliphatic heterocycles. The van der Waals surface area contributed by atoms with Crippen LogP contribution in [0, 0.1) is 0 Å². The maximum Gasteiger partial charge on any atom is 0.254 e. The van der Waals surface area contributed by atoms with E-state index in [1.807, 2.05) is 30.3 Å². The Balaban J connectivity index is 1.74. The van der Waals surface area contributed by atoms with E-state index in [4.69, 9.17) is 4.42 Å². The van der Waals surface area contributed by atoms with Crippen LogP contribution in [-0.2, 0) is 19.6 Å². The monoisotopic (exact) mass is 334 g/mol. The van der Waals surface area contributed by atoms with Crippen molar-refractivity contribution in [3.05, 3.63) is 57.5 Å². The predicted molar refractivity (Wildman–Crippen MR) is 79.2 cm³/mol. The number of benzene rings is 1. The Morgan fingerprint density at radius 3 is 2.85 bits per heavy atom. The number of carbonyl (C=O) groups is 1. The van der Waals surface area contributed by atoms with Crippen molar-refractivity contribution in [2.75, 3.05) is 7.05 Å². The number of carbonyl (C=O) groups excluding carboxylic acids is 1. The molecule has 1 aromatic carbocycles. The van der Waals surface area contributed by atoms with E-state index in [2.05, 4.69) is 21.2 Å². The SMILES string of the molecule is CN(Cc1ccc(Br)o1)C(=O)c1ccc2c(c1)CNC2. The molecule has 3 rings (SSSR count). The lowest BCUT2D eigenvalue weighted by Gasteiger charge is -2.16. The third-order valence-electron chi connectivity index (χ3n) is 3.45. The van der Waals surface area contributed by atoms with E-state index in [1.54, 1.807) is 11.9 Å². The van der Waals surface area contributed by atoms with Crippen LogP contribution in [0.1, 0.15) is 27.2 Å². The van der Waals surface area contributed by atoms with Crippen molar-refractivity contribution < 1.29 is 9.21 Å². The Morgan fingerprint density at radius 2 is 2.10 bits per heavy atom. The van der Waals surface area contributed by atoms with E-state index in [0.717, 1.165) is 24.4 Å². The van der Waals surface area contributed by atoms with Crippen LogP contribution in [0.25, 0.3) is 0 Å². The van der Waals surface area contributed by atoms with Gasteiger partial charge in [0.25, 0.3) is 5.91 Å². The Kier molecular flexibility index (Phi) is 3.63. The highest BCUT2D eigenvalue weighted by Gasteiger charge is 2.17. The van der Waals surface area contributed by atoms with Gasteiger partial charge in [0, 0.05) is 25.7 Å². The quantitative estimate of drug-likeness (QED) is 0.938. The summed E-state index contributed by atoms with van der Waals surface area (Å²) in [6.07, 6.45) is 0. The molecule has 1 N–H and O–H groups in total. The van der Waals surface area contributed by atoms with Crippen molar-refractivity contribution in [1.82, 2.24) is 10.2 Å². The highest BCUT2D eigenvalue weighted by atomic mass is 79.9. The maximum atomic E-state index is 12.4. The minimum Gasteiger partial charge on any atom is -0.452 e. The summed E-state index contributed by atoms with van der Waals surface area (Å²) < 4.78 is 6.10. The smallest absolute Gasteiger partial charge is 0.254 e. The molecule has 2 heterocycles. The topological polar surface area (TPSA) is 45.5 Å². The first kappa shape index (κ1) is 13.4.